The molecule has 6 aromatic rings. The molecule has 1 spiro atoms. The Morgan fingerprint density at radius 1 is 0.439 bits per heavy atom. The van der Waals surface area contributed by atoms with E-state index in [1.54, 1.807) is 72.6 Å². The van der Waals surface area contributed by atoms with E-state index < -0.39 is 0 Å². The summed E-state index contributed by atoms with van der Waals surface area (Å²) in [7, 11) is 0. The summed E-state index contributed by atoms with van der Waals surface area (Å²) in [6, 6.07) is 23.4. The lowest BCUT2D eigenvalue weighted by molar-refractivity contribution is -0.268. The molecule has 0 N–H and O–H groups in total. The molecule has 0 unspecified atom stereocenters. The highest BCUT2D eigenvalue weighted by Crippen LogP contribution is 2.71. The average molecular weight is 647 g/mol. The lowest BCUT2D eigenvalue weighted by atomic mass is 10.4. The Morgan fingerprint density at radius 2 is 0.707 bits per heavy atom. The van der Waals surface area contributed by atoms with Crippen LogP contribution in [0.4, 0.5) is 0 Å². The first-order chi connectivity index (χ1) is 20.1. The summed E-state index contributed by atoms with van der Waals surface area (Å²) in [5.41, 5.74) is 0. The van der Waals surface area contributed by atoms with Crippen LogP contribution in [0, 0.1) is 9.54 Å². The number of pyridine rings is 4. The quantitative estimate of drug-likeness (QED) is 0.110. The van der Waals surface area contributed by atoms with E-state index in [1.807, 2.05) is 91.1 Å². The Labute approximate surface area is 261 Å². The van der Waals surface area contributed by atoms with Crippen molar-refractivity contribution in [1.29, 1.82) is 0 Å². The van der Waals surface area contributed by atoms with Gasteiger partial charge in [0.05, 0.1) is 0 Å². The Balaban J connectivity index is 1.30. The number of hydrogen-bond donors (Lipinski definition) is 0. The predicted molar refractivity (Wildman–Crippen MR) is 167 cm³/mol. The molecule has 0 radical (unpaired) electrons. The standard InChI is InChI=1S/C26H16N9S6/c36-25-31(17-9-1-5-13-27-17)21-22(32(25)18-10-2-6-14-28-18)39-35(38-21)40-23-24(41-35)34(20-12-4-8-16-30-20)26(37)33(23)19-11-3-7-15-29-19/h1-16H/q+1. The summed E-state index contributed by atoms with van der Waals surface area (Å²) in [4.78, 5) is 18.6. The van der Waals surface area contributed by atoms with Crippen LogP contribution in [0.5, 0.6) is 0 Å². The Hall–Kier alpha value is -3.18. The zero-order valence-corrected chi connectivity index (χ0v) is 25.6. The van der Waals surface area contributed by atoms with E-state index >= 15 is 0 Å². The van der Waals surface area contributed by atoms with Crippen molar-refractivity contribution in [3.05, 3.63) is 107 Å². The molecule has 0 fully saturated rings. The second-order valence-electron chi connectivity index (χ2n) is 8.69. The van der Waals surface area contributed by atoms with Crippen LogP contribution < -0.4 is 0 Å². The van der Waals surface area contributed by atoms with Crippen LogP contribution in [0.3, 0.4) is 0 Å². The first-order valence-corrected chi connectivity index (χ1v) is 16.1. The van der Waals surface area contributed by atoms with Crippen LogP contribution in [0.15, 0.2) is 118 Å². The Kier molecular flexibility index (Phi) is 6.21. The van der Waals surface area contributed by atoms with E-state index in [-0.39, 0.29) is 0 Å². The van der Waals surface area contributed by atoms with E-state index in [4.69, 9.17) is 24.4 Å². The highest BCUT2D eigenvalue weighted by atomic mass is 32.3. The molecule has 0 aliphatic carbocycles. The van der Waals surface area contributed by atoms with Gasteiger partial charge >= 0.3 is 0 Å². The Bertz CT molecular complexity index is 1750. The number of rotatable bonds is 4. The molecule has 0 bridgehead atoms. The second kappa shape index (κ2) is 9.97. The van der Waals surface area contributed by atoms with Crippen LogP contribution in [0.25, 0.3) is 23.3 Å². The molecule has 0 aromatic carbocycles. The maximum Gasteiger partial charge on any atom is 0.193 e. The van der Waals surface area contributed by atoms with E-state index in [0.29, 0.717) is 11.6 Å². The van der Waals surface area contributed by atoms with E-state index in [0.717, 1.165) is 43.4 Å². The van der Waals surface area contributed by atoms with Crippen molar-refractivity contribution < 1.29 is 2.10 Å². The number of aromatic nitrogens is 8. The van der Waals surface area contributed by atoms with Crippen molar-refractivity contribution in [2.75, 3.05) is 0 Å². The Morgan fingerprint density at radius 3 is 0.927 bits per heavy atom. The first-order valence-electron chi connectivity index (χ1n) is 12.2. The maximum atomic E-state index is 6.03. The molecule has 41 heavy (non-hydrogen) atoms. The fraction of sp³-hybridized carbons (Fsp3) is 0. The van der Waals surface area contributed by atoms with Crippen LogP contribution in [0.1, 0.15) is 0 Å². The lowest BCUT2D eigenvalue weighted by Crippen LogP contribution is -2.13. The molecule has 200 valence electrons. The van der Waals surface area contributed by atoms with Gasteiger partial charge in [-0.25, -0.2) is 19.9 Å². The van der Waals surface area contributed by atoms with E-state index in [1.165, 1.54) is 0 Å². The lowest BCUT2D eigenvalue weighted by Gasteiger charge is -2.18. The molecule has 0 saturated carbocycles. The molecule has 8 heterocycles. The van der Waals surface area contributed by atoms with Gasteiger partial charge in [-0.2, -0.15) is 0 Å². The zero-order valence-electron chi connectivity index (χ0n) is 20.7. The summed E-state index contributed by atoms with van der Waals surface area (Å²) in [5, 5.41) is 4.01. The van der Waals surface area contributed by atoms with Crippen molar-refractivity contribution in [3.63, 3.8) is 0 Å². The van der Waals surface area contributed by atoms with Crippen LogP contribution in [0.2, 0.25) is 0 Å². The van der Waals surface area contributed by atoms with Gasteiger partial charge in [0.15, 0.2) is 77.4 Å². The van der Waals surface area contributed by atoms with Crippen molar-refractivity contribution >= 4 is 72.2 Å². The number of nitrogens with zero attached hydrogens (tertiary/aromatic N) is 9. The summed E-state index contributed by atoms with van der Waals surface area (Å²) in [5.74, 6) is 3.05. The van der Waals surface area contributed by atoms with Gasteiger partial charge < -0.3 is 0 Å². The smallest absolute Gasteiger partial charge is 0.193 e. The summed E-state index contributed by atoms with van der Waals surface area (Å²) in [6.07, 6.45) is 7.13. The molecule has 0 saturated heterocycles. The number of hydrogen-bond acceptors (Lipinski definition) is 10. The minimum absolute atomic E-state index is 0.472. The topological polar surface area (TPSA) is 71.3 Å². The average Bonchev–Trinajstić information content (AvgIpc) is 3.69. The molecule has 6 aromatic heterocycles. The molecular formula is C26H16N9S6+. The van der Waals surface area contributed by atoms with Gasteiger partial charge in [-0.1, -0.05) is 26.4 Å². The normalized spacial score (nSPS) is 14.8. The van der Waals surface area contributed by atoms with Crippen molar-refractivity contribution in [1.82, 2.24) is 38.2 Å². The summed E-state index contributed by atoms with van der Waals surface area (Å²) in [6.45, 7) is 0. The first kappa shape index (κ1) is 25.5. The second-order valence-corrected chi connectivity index (χ2v) is 15.3. The minimum Gasteiger partial charge on any atom is -0.257 e. The summed E-state index contributed by atoms with van der Waals surface area (Å²) < 4.78 is 9.84. The van der Waals surface area contributed by atoms with Crippen LogP contribution >= 0.6 is 72.2 Å². The van der Waals surface area contributed by atoms with Gasteiger partial charge in [-0.15, -0.1) is 0 Å². The minimum atomic E-state index is 0.472. The molecule has 8 rings (SSSR count). The van der Waals surface area contributed by atoms with Gasteiger partial charge in [0, 0.05) is 24.8 Å². The largest absolute Gasteiger partial charge is 0.257 e. The number of fused-ring (bicyclic) bond motifs is 2. The summed E-state index contributed by atoms with van der Waals surface area (Å²) >= 11 is 18.9. The van der Waals surface area contributed by atoms with Crippen LogP contribution in [-0.4, -0.2) is 40.3 Å². The van der Waals surface area contributed by atoms with Gasteiger partial charge in [0.1, 0.15) is 23.3 Å². The third-order valence-corrected chi connectivity index (χ3v) is 13.0. The maximum absolute atomic E-state index is 6.03. The van der Waals surface area contributed by atoms with Gasteiger partial charge in [0.2, 0.25) is 0 Å². The van der Waals surface area contributed by atoms with Gasteiger partial charge in [-0.05, 0) is 73.0 Å². The molecule has 15 heteroatoms. The number of imidazole rings is 2. The zero-order chi connectivity index (χ0) is 27.6. The third-order valence-electron chi connectivity index (χ3n) is 6.25. The monoisotopic (exact) mass is 646 g/mol. The highest BCUT2D eigenvalue weighted by Gasteiger charge is 2.58. The van der Waals surface area contributed by atoms with Crippen LogP contribution in [-0.2, 0) is 0 Å². The molecular weight excluding hydrogens is 631 g/mol. The van der Waals surface area contributed by atoms with Gasteiger partial charge in [-0.3, -0.25) is 18.3 Å². The molecule has 2 aliphatic rings. The van der Waals surface area contributed by atoms with Crippen molar-refractivity contribution in [2.45, 2.75) is 20.1 Å². The fourth-order valence-corrected chi connectivity index (χ4v) is 12.0. The van der Waals surface area contributed by atoms with Crippen molar-refractivity contribution in [2.24, 2.45) is 0 Å². The number of quaternary nitrogens is 1. The van der Waals surface area contributed by atoms with Gasteiger partial charge in [0.25, 0.3) is 0 Å². The highest BCUT2D eigenvalue weighted by molar-refractivity contribution is 8.31. The fourth-order valence-electron chi connectivity index (χ4n) is 4.54. The predicted octanol–water partition coefficient (Wildman–Crippen LogP) is 7.46. The third kappa shape index (κ3) is 4.06. The van der Waals surface area contributed by atoms with E-state index in [2.05, 4.69) is 19.9 Å². The van der Waals surface area contributed by atoms with Crippen molar-refractivity contribution in [3.8, 4) is 23.3 Å². The molecule has 0 atom stereocenters. The van der Waals surface area contributed by atoms with E-state index in [9.17, 15) is 0 Å². The molecule has 2 aliphatic heterocycles. The SMILES string of the molecule is S=c1n(-c2ccccn2)c2c(n1-c1ccccn1)S[N+]1(S2)Sc2c(n(-c3ccccn3)c(=S)n2-c2ccccn2)S1. The molecule has 9 nitrogen and oxygen atoms in total. The molecule has 0 amide bonds.